The number of nitrogens with two attached hydrogens (primary N) is 1. The van der Waals surface area contributed by atoms with E-state index in [1.165, 1.54) is 11.3 Å². The van der Waals surface area contributed by atoms with Crippen LogP contribution in [-0.2, 0) is 5.41 Å². The largest absolute Gasteiger partial charge is 0.420 e. The molecular formula is C32H39N7O2S. The maximum Gasteiger partial charge on any atom is 0.261 e. The van der Waals surface area contributed by atoms with Gasteiger partial charge >= 0.3 is 0 Å². The number of carbonyl (C=O) groups is 1. The van der Waals surface area contributed by atoms with Gasteiger partial charge in [-0.1, -0.05) is 27.7 Å². The molecule has 0 saturated carbocycles. The molecule has 1 aromatic carbocycles. The van der Waals surface area contributed by atoms with Crippen molar-refractivity contribution in [2.24, 2.45) is 11.7 Å². The highest BCUT2D eigenvalue weighted by Crippen LogP contribution is 2.53. The zero-order valence-electron chi connectivity index (χ0n) is 25.2. The van der Waals surface area contributed by atoms with E-state index in [0.29, 0.717) is 16.3 Å². The summed E-state index contributed by atoms with van der Waals surface area (Å²) in [4.78, 5) is 16.9. The van der Waals surface area contributed by atoms with Gasteiger partial charge in [0.25, 0.3) is 5.91 Å². The van der Waals surface area contributed by atoms with Crippen LogP contribution in [0.4, 0.5) is 0 Å². The quantitative estimate of drug-likeness (QED) is 0.266. The van der Waals surface area contributed by atoms with Gasteiger partial charge in [-0.25, -0.2) is 0 Å². The number of benzene rings is 1. The van der Waals surface area contributed by atoms with Crippen LogP contribution in [0.25, 0.3) is 10.4 Å². The number of hydrogen-bond acceptors (Lipinski definition) is 8. The van der Waals surface area contributed by atoms with E-state index in [4.69, 9.17) is 10.5 Å². The van der Waals surface area contributed by atoms with E-state index in [1.54, 1.807) is 6.07 Å². The van der Waals surface area contributed by atoms with E-state index < -0.39 is 5.41 Å². The topological polar surface area (TPSA) is 144 Å². The van der Waals surface area contributed by atoms with Crippen molar-refractivity contribution < 1.29 is 9.53 Å². The molecular weight excluding hydrogens is 546 g/mol. The number of nitriles is 2. The minimum Gasteiger partial charge on any atom is -0.420 e. The summed E-state index contributed by atoms with van der Waals surface area (Å²) in [5, 5.41) is 30.7. The van der Waals surface area contributed by atoms with Crippen molar-refractivity contribution in [2.75, 3.05) is 19.6 Å². The van der Waals surface area contributed by atoms with Gasteiger partial charge in [0.15, 0.2) is 0 Å². The number of nitrogens with zero attached hydrogens (tertiary/aromatic N) is 4. The number of fused-ring (bicyclic) bond motifs is 1. The predicted molar refractivity (Wildman–Crippen MR) is 165 cm³/mol. The highest BCUT2D eigenvalue weighted by atomic mass is 32.1. The van der Waals surface area contributed by atoms with Gasteiger partial charge in [-0.2, -0.15) is 10.5 Å². The molecule has 2 atom stereocenters. The molecule has 2 aromatic heterocycles. The van der Waals surface area contributed by atoms with Crippen LogP contribution in [0, 0.1) is 35.5 Å². The van der Waals surface area contributed by atoms with Crippen molar-refractivity contribution in [1.82, 2.24) is 20.4 Å². The van der Waals surface area contributed by atoms with Crippen molar-refractivity contribution in [3.8, 4) is 28.5 Å². The monoisotopic (exact) mass is 585 g/mol. The highest BCUT2D eigenvalue weighted by molar-refractivity contribution is 7.17. The van der Waals surface area contributed by atoms with Gasteiger partial charge in [0, 0.05) is 16.6 Å². The third-order valence-corrected chi connectivity index (χ3v) is 9.28. The summed E-state index contributed by atoms with van der Waals surface area (Å²) in [6, 6.07) is 13.9. The highest BCUT2D eigenvalue weighted by Gasteiger charge is 2.50. The SMILES string of the molecule is CCN(CC)CCCC(C)NC(=O)c1ccc(-c2cc(C#N)cc(C3(C(C)C)C(C#N)=C(N)Oc4n[nH]c(C)c43)c2)s1. The molecule has 42 heavy (non-hydrogen) atoms. The van der Waals surface area contributed by atoms with Crippen LogP contribution in [0.15, 0.2) is 41.8 Å². The molecule has 9 nitrogen and oxygen atoms in total. The number of aryl methyl sites for hydroxylation is 1. The molecule has 2 unspecified atom stereocenters. The molecule has 1 aliphatic heterocycles. The van der Waals surface area contributed by atoms with E-state index in [1.807, 2.05) is 52.0 Å². The van der Waals surface area contributed by atoms with Gasteiger partial charge in [0.05, 0.1) is 27.5 Å². The Hall–Kier alpha value is -4.12. The minimum absolute atomic E-state index is 0.00425. The lowest BCUT2D eigenvalue weighted by molar-refractivity contribution is 0.0941. The summed E-state index contributed by atoms with van der Waals surface area (Å²) in [6.45, 7) is 15.3. The Balaban J connectivity index is 1.69. The smallest absolute Gasteiger partial charge is 0.261 e. The predicted octanol–water partition coefficient (Wildman–Crippen LogP) is 5.59. The first-order chi connectivity index (χ1) is 20.1. The second-order valence-electron chi connectivity index (χ2n) is 11.1. The molecule has 1 aliphatic rings. The fraction of sp³-hybridized carbons (Fsp3) is 0.438. The number of rotatable bonds is 11. The number of amides is 1. The molecule has 0 radical (unpaired) electrons. The second-order valence-corrected chi connectivity index (χ2v) is 12.1. The van der Waals surface area contributed by atoms with Crippen molar-refractivity contribution in [3.05, 3.63) is 69.0 Å². The van der Waals surface area contributed by atoms with Crippen LogP contribution in [0.3, 0.4) is 0 Å². The summed E-state index contributed by atoms with van der Waals surface area (Å²) in [5.74, 6) is 0.0696. The lowest BCUT2D eigenvalue weighted by atomic mass is 9.61. The number of thiophene rings is 1. The van der Waals surface area contributed by atoms with Crippen molar-refractivity contribution in [1.29, 1.82) is 10.5 Å². The fourth-order valence-electron chi connectivity index (χ4n) is 5.97. The molecule has 0 bridgehead atoms. The van der Waals surface area contributed by atoms with Gasteiger partial charge in [-0.3, -0.25) is 9.89 Å². The molecule has 4 rings (SSSR count). The number of aromatic nitrogens is 2. The maximum atomic E-state index is 13.1. The molecule has 10 heteroatoms. The first-order valence-electron chi connectivity index (χ1n) is 14.4. The second kappa shape index (κ2) is 12.8. The Kier molecular flexibility index (Phi) is 9.40. The molecule has 3 aromatic rings. The molecule has 0 spiro atoms. The molecule has 0 fully saturated rings. The zero-order chi connectivity index (χ0) is 30.6. The number of aromatic amines is 1. The van der Waals surface area contributed by atoms with Gasteiger partial charge in [0.2, 0.25) is 11.8 Å². The maximum absolute atomic E-state index is 13.1. The van der Waals surface area contributed by atoms with Gasteiger partial charge in [-0.05, 0) is 93.7 Å². The number of H-pyrrole nitrogens is 1. The normalized spacial score (nSPS) is 17.0. The number of carbonyl (C=O) groups excluding carboxylic acids is 1. The Morgan fingerprint density at radius 1 is 1.19 bits per heavy atom. The zero-order valence-corrected chi connectivity index (χ0v) is 26.0. The molecule has 0 saturated heterocycles. The summed E-state index contributed by atoms with van der Waals surface area (Å²) >= 11 is 1.38. The van der Waals surface area contributed by atoms with E-state index in [-0.39, 0.29) is 29.3 Å². The molecule has 220 valence electrons. The van der Waals surface area contributed by atoms with Crippen molar-refractivity contribution >= 4 is 17.2 Å². The van der Waals surface area contributed by atoms with Crippen LogP contribution in [-0.4, -0.2) is 46.7 Å². The lowest BCUT2D eigenvalue weighted by Gasteiger charge is -2.41. The van der Waals surface area contributed by atoms with Gasteiger partial charge in [0.1, 0.15) is 11.6 Å². The van der Waals surface area contributed by atoms with Gasteiger partial charge in [-0.15, -0.1) is 16.4 Å². The number of ether oxygens (including phenoxy) is 1. The lowest BCUT2D eigenvalue weighted by Crippen LogP contribution is -2.41. The van der Waals surface area contributed by atoms with Crippen molar-refractivity contribution in [3.63, 3.8) is 0 Å². The minimum atomic E-state index is -0.997. The van der Waals surface area contributed by atoms with E-state index in [2.05, 4.69) is 46.4 Å². The molecule has 1 amide bonds. The number of hydrogen-bond donors (Lipinski definition) is 3. The van der Waals surface area contributed by atoms with Crippen LogP contribution >= 0.6 is 11.3 Å². The molecule has 4 N–H and O–H groups in total. The van der Waals surface area contributed by atoms with Crippen LogP contribution in [0.5, 0.6) is 5.88 Å². The molecule has 3 heterocycles. The summed E-state index contributed by atoms with van der Waals surface area (Å²) in [5.41, 5.74) is 9.01. The van der Waals surface area contributed by atoms with Crippen molar-refractivity contribution in [2.45, 2.75) is 65.8 Å². The first-order valence-corrected chi connectivity index (χ1v) is 15.2. The molecule has 0 aliphatic carbocycles. The Morgan fingerprint density at radius 3 is 2.57 bits per heavy atom. The first kappa shape index (κ1) is 30.8. The third kappa shape index (κ3) is 5.65. The van der Waals surface area contributed by atoms with Gasteiger partial charge < -0.3 is 20.7 Å². The third-order valence-electron chi connectivity index (χ3n) is 8.15. The number of nitrogens with one attached hydrogen (secondary N) is 2. The summed E-state index contributed by atoms with van der Waals surface area (Å²) in [6.07, 6.45) is 1.93. The van der Waals surface area contributed by atoms with Crippen LogP contribution in [0.2, 0.25) is 0 Å². The van der Waals surface area contributed by atoms with E-state index in [0.717, 1.165) is 59.7 Å². The Labute approximate surface area is 252 Å². The average molecular weight is 586 g/mol. The fourth-order valence-corrected chi connectivity index (χ4v) is 6.86. The summed E-state index contributed by atoms with van der Waals surface area (Å²) in [7, 11) is 0. The van der Waals surface area contributed by atoms with Crippen LogP contribution in [0.1, 0.15) is 79.5 Å². The van der Waals surface area contributed by atoms with E-state index >= 15 is 0 Å². The Bertz CT molecular complexity index is 1570. The summed E-state index contributed by atoms with van der Waals surface area (Å²) < 4.78 is 5.75. The average Bonchev–Trinajstić information content (AvgIpc) is 3.61. The number of allylic oxidation sites excluding steroid dienone is 1. The van der Waals surface area contributed by atoms with Crippen LogP contribution < -0.4 is 15.8 Å². The Morgan fingerprint density at radius 2 is 1.93 bits per heavy atom. The standard InChI is InChI=1S/C32H39N7O2S/c1-7-39(8-2)13-9-10-20(5)36-30(40)27-12-11-26(42-27)23-14-22(17-33)15-24(16-23)32(19(3)4)25(18-34)29(35)41-31-28(32)21(6)37-38-31/h11-12,14-16,19-20H,7-10,13,35H2,1-6H3,(H,36,40)(H,37,38). The van der Waals surface area contributed by atoms with E-state index in [9.17, 15) is 15.3 Å².